The van der Waals surface area contributed by atoms with Gasteiger partial charge in [0.15, 0.2) is 0 Å². The summed E-state index contributed by atoms with van der Waals surface area (Å²) < 4.78 is 5.08. The molecule has 0 unspecified atom stereocenters. The van der Waals surface area contributed by atoms with Crippen molar-refractivity contribution < 1.29 is 4.74 Å². The van der Waals surface area contributed by atoms with Gasteiger partial charge in [0.05, 0.1) is 0 Å². The van der Waals surface area contributed by atoms with Crippen molar-refractivity contribution in [2.45, 2.75) is 13.8 Å². The van der Waals surface area contributed by atoms with E-state index in [1.54, 1.807) is 7.11 Å². The molecular formula is C11H17NO. The Morgan fingerprint density at radius 2 is 2.00 bits per heavy atom. The summed E-state index contributed by atoms with van der Waals surface area (Å²) in [6.45, 7) is 4.84. The van der Waals surface area contributed by atoms with E-state index >= 15 is 0 Å². The SMILES string of the molecule is COCN(C)c1cc(C)ccc1C. The summed E-state index contributed by atoms with van der Waals surface area (Å²) in [6.07, 6.45) is 0. The lowest BCUT2D eigenvalue weighted by atomic mass is 10.1. The van der Waals surface area contributed by atoms with Gasteiger partial charge in [-0.05, 0) is 31.0 Å². The summed E-state index contributed by atoms with van der Waals surface area (Å²) in [5.41, 5.74) is 3.80. The second kappa shape index (κ2) is 4.28. The highest BCUT2D eigenvalue weighted by Gasteiger charge is 2.03. The largest absolute Gasteiger partial charge is 0.364 e. The smallest absolute Gasteiger partial charge is 0.118 e. The lowest BCUT2D eigenvalue weighted by Crippen LogP contribution is -2.20. The Balaban J connectivity index is 2.91. The third-order valence-electron chi connectivity index (χ3n) is 2.10. The van der Waals surface area contributed by atoms with Gasteiger partial charge in [0.1, 0.15) is 6.73 Å². The monoisotopic (exact) mass is 179 g/mol. The quantitative estimate of drug-likeness (QED) is 0.660. The van der Waals surface area contributed by atoms with E-state index in [9.17, 15) is 0 Å². The van der Waals surface area contributed by atoms with Crippen LogP contribution in [0, 0.1) is 13.8 Å². The molecule has 0 saturated heterocycles. The molecule has 0 atom stereocenters. The minimum Gasteiger partial charge on any atom is -0.364 e. The molecule has 0 spiro atoms. The first-order valence-electron chi connectivity index (χ1n) is 4.42. The Labute approximate surface area is 80.1 Å². The van der Waals surface area contributed by atoms with Crippen LogP contribution < -0.4 is 4.90 Å². The molecule has 0 aliphatic rings. The molecule has 0 bridgehead atoms. The zero-order valence-electron chi connectivity index (χ0n) is 8.79. The first-order valence-corrected chi connectivity index (χ1v) is 4.42. The number of nitrogens with zero attached hydrogens (tertiary/aromatic N) is 1. The first kappa shape index (κ1) is 10.1. The molecule has 1 aromatic carbocycles. The number of ether oxygens (including phenoxy) is 1. The molecule has 1 rings (SSSR count). The maximum atomic E-state index is 5.08. The number of methoxy groups -OCH3 is 1. The summed E-state index contributed by atoms with van der Waals surface area (Å²) >= 11 is 0. The first-order chi connectivity index (χ1) is 6.15. The molecule has 1 aromatic rings. The molecule has 0 amide bonds. The standard InChI is InChI=1S/C11H17NO/c1-9-5-6-10(2)11(7-9)12(3)8-13-4/h5-7H,8H2,1-4H3. The van der Waals surface area contributed by atoms with Gasteiger partial charge < -0.3 is 9.64 Å². The lowest BCUT2D eigenvalue weighted by Gasteiger charge is -2.20. The molecule has 2 heteroatoms. The van der Waals surface area contributed by atoms with Crippen molar-refractivity contribution in [3.63, 3.8) is 0 Å². The average molecular weight is 179 g/mol. The van der Waals surface area contributed by atoms with E-state index in [0.29, 0.717) is 6.73 Å². The normalized spacial score (nSPS) is 10.2. The maximum Gasteiger partial charge on any atom is 0.118 e. The summed E-state index contributed by atoms with van der Waals surface area (Å²) in [4.78, 5) is 2.10. The Kier molecular flexibility index (Phi) is 3.32. The van der Waals surface area contributed by atoms with Crippen LogP contribution >= 0.6 is 0 Å². The van der Waals surface area contributed by atoms with Gasteiger partial charge in [0.2, 0.25) is 0 Å². The fourth-order valence-corrected chi connectivity index (χ4v) is 1.39. The van der Waals surface area contributed by atoms with Gasteiger partial charge in [0, 0.05) is 19.8 Å². The van der Waals surface area contributed by atoms with Crippen LogP contribution in [0.1, 0.15) is 11.1 Å². The fourth-order valence-electron chi connectivity index (χ4n) is 1.39. The molecule has 0 fully saturated rings. The Morgan fingerprint density at radius 3 is 2.62 bits per heavy atom. The van der Waals surface area contributed by atoms with Crippen LogP contribution in [0.15, 0.2) is 18.2 Å². The molecule has 0 aliphatic carbocycles. The van der Waals surface area contributed by atoms with Crippen LogP contribution in [0.4, 0.5) is 5.69 Å². The van der Waals surface area contributed by atoms with Crippen molar-refractivity contribution in [2.75, 3.05) is 25.8 Å². The Morgan fingerprint density at radius 1 is 1.31 bits per heavy atom. The zero-order valence-corrected chi connectivity index (χ0v) is 8.79. The Bertz CT molecular complexity index is 283. The van der Waals surface area contributed by atoms with E-state index in [1.807, 2.05) is 7.05 Å². The average Bonchev–Trinajstić information content (AvgIpc) is 2.09. The summed E-state index contributed by atoms with van der Waals surface area (Å²) in [7, 11) is 3.74. The van der Waals surface area contributed by atoms with E-state index in [2.05, 4.69) is 36.9 Å². The van der Waals surface area contributed by atoms with Crippen LogP contribution in [-0.4, -0.2) is 20.9 Å². The van der Waals surface area contributed by atoms with Gasteiger partial charge in [-0.2, -0.15) is 0 Å². The number of anilines is 1. The second-order valence-corrected chi connectivity index (χ2v) is 3.41. The highest BCUT2D eigenvalue weighted by molar-refractivity contribution is 5.53. The van der Waals surface area contributed by atoms with E-state index in [4.69, 9.17) is 4.74 Å². The molecule has 2 nitrogen and oxygen atoms in total. The molecule has 0 aliphatic heterocycles. The summed E-state index contributed by atoms with van der Waals surface area (Å²) in [5, 5.41) is 0. The van der Waals surface area contributed by atoms with Gasteiger partial charge in [0.25, 0.3) is 0 Å². The van der Waals surface area contributed by atoms with E-state index in [1.165, 1.54) is 16.8 Å². The fraction of sp³-hybridized carbons (Fsp3) is 0.455. The van der Waals surface area contributed by atoms with Crippen molar-refractivity contribution in [1.29, 1.82) is 0 Å². The topological polar surface area (TPSA) is 12.5 Å². The van der Waals surface area contributed by atoms with Crippen molar-refractivity contribution in [2.24, 2.45) is 0 Å². The Hall–Kier alpha value is -1.02. The molecule has 0 heterocycles. The van der Waals surface area contributed by atoms with E-state index < -0.39 is 0 Å². The van der Waals surface area contributed by atoms with Crippen LogP contribution in [0.2, 0.25) is 0 Å². The van der Waals surface area contributed by atoms with Crippen LogP contribution in [0.5, 0.6) is 0 Å². The number of rotatable bonds is 3. The van der Waals surface area contributed by atoms with E-state index in [0.717, 1.165) is 0 Å². The molecule has 72 valence electrons. The zero-order chi connectivity index (χ0) is 9.84. The molecular weight excluding hydrogens is 162 g/mol. The highest BCUT2D eigenvalue weighted by Crippen LogP contribution is 2.19. The van der Waals surface area contributed by atoms with E-state index in [-0.39, 0.29) is 0 Å². The van der Waals surface area contributed by atoms with Gasteiger partial charge in [-0.15, -0.1) is 0 Å². The molecule has 0 N–H and O–H groups in total. The van der Waals surface area contributed by atoms with Gasteiger partial charge >= 0.3 is 0 Å². The van der Waals surface area contributed by atoms with Crippen molar-refractivity contribution >= 4 is 5.69 Å². The van der Waals surface area contributed by atoms with Crippen molar-refractivity contribution in [3.05, 3.63) is 29.3 Å². The number of hydrogen-bond donors (Lipinski definition) is 0. The number of benzene rings is 1. The summed E-state index contributed by atoms with van der Waals surface area (Å²) in [5.74, 6) is 0. The van der Waals surface area contributed by atoms with Gasteiger partial charge in [-0.1, -0.05) is 12.1 Å². The minimum absolute atomic E-state index is 0.629. The number of hydrogen-bond acceptors (Lipinski definition) is 2. The molecule has 13 heavy (non-hydrogen) atoms. The van der Waals surface area contributed by atoms with Crippen LogP contribution in [0.25, 0.3) is 0 Å². The minimum atomic E-state index is 0.629. The van der Waals surface area contributed by atoms with Crippen molar-refractivity contribution in [1.82, 2.24) is 0 Å². The lowest BCUT2D eigenvalue weighted by molar-refractivity contribution is 0.202. The predicted octanol–water partition coefficient (Wildman–Crippen LogP) is 2.34. The predicted molar refractivity (Wildman–Crippen MR) is 56.2 cm³/mol. The maximum absolute atomic E-state index is 5.08. The second-order valence-electron chi connectivity index (χ2n) is 3.41. The van der Waals surface area contributed by atoms with Crippen LogP contribution in [0.3, 0.4) is 0 Å². The molecule has 0 saturated carbocycles. The third-order valence-corrected chi connectivity index (χ3v) is 2.10. The van der Waals surface area contributed by atoms with Gasteiger partial charge in [-0.3, -0.25) is 0 Å². The van der Waals surface area contributed by atoms with Crippen molar-refractivity contribution in [3.8, 4) is 0 Å². The van der Waals surface area contributed by atoms with Gasteiger partial charge in [-0.25, -0.2) is 0 Å². The molecule has 0 radical (unpaired) electrons. The van der Waals surface area contributed by atoms with Crippen LogP contribution in [-0.2, 0) is 4.74 Å². The molecule has 0 aromatic heterocycles. The summed E-state index contributed by atoms with van der Waals surface area (Å²) in [6, 6.07) is 6.44. The number of aryl methyl sites for hydroxylation is 2. The third kappa shape index (κ3) is 2.46. The highest BCUT2D eigenvalue weighted by atomic mass is 16.5.